The number of carbonyl (C=O) groups excluding carboxylic acids is 2. The monoisotopic (exact) mass is 424 g/mol. The smallest absolute Gasteiger partial charge is 0.334 e. The maximum atomic E-state index is 13.6. The number of urea groups is 1. The molecule has 1 fully saturated rings. The van der Waals surface area contributed by atoms with Crippen molar-refractivity contribution in [2.24, 2.45) is 5.73 Å². The average Bonchev–Trinajstić information content (AvgIpc) is 3.37. The molecule has 3 aromatic rings. The summed E-state index contributed by atoms with van der Waals surface area (Å²) in [5.74, 6) is -0.177. The number of ketones is 1. The zero-order valence-corrected chi connectivity index (χ0v) is 17.4. The molecule has 1 saturated heterocycles. The van der Waals surface area contributed by atoms with Gasteiger partial charge in [0.05, 0.1) is 51.3 Å². The van der Waals surface area contributed by atoms with Crippen LogP contribution in [-0.2, 0) is 4.74 Å². The SMILES string of the molecule is Cc1nc(C)c(-c2[nH]nc3c2C(=O)c2c-3cccc2N(C(N)=O)N2CCOCC2)s1. The van der Waals surface area contributed by atoms with E-state index in [1.54, 1.807) is 6.07 Å². The molecule has 9 nitrogen and oxygen atoms in total. The number of aryl methyl sites for hydroxylation is 2. The van der Waals surface area contributed by atoms with E-state index in [0.717, 1.165) is 15.6 Å². The summed E-state index contributed by atoms with van der Waals surface area (Å²) >= 11 is 1.52. The summed E-state index contributed by atoms with van der Waals surface area (Å²) in [5.41, 5.74) is 9.93. The Morgan fingerprint density at radius 3 is 2.70 bits per heavy atom. The molecule has 3 N–H and O–H groups in total. The Hall–Kier alpha value is -3.08. The minimum absolute atomic E-state index is 0.177. The van der Waals surface area contributed by atoms with Crippen LogP contribution in [0.25, 0.3) is 21.8 Å². The molecule has 154 valence electrons. The number of ether oxygens (including phenoxy) is 1. The van der Waals surface area contributed by atoms with Crippen molar-refractivity contribution in [3.8, 4) is 21.8 Å². The van der Waals surface area contributed by atoms with Crippen LogP contribution < -0.4 is 10.7 Å². The fourth-order valence-corrected chi connectivity index (χ4v) is 5.05. The van der Waals surface area contributed by atoms with Crippen molar-refractivity contribution < 1.29 is 14.3 Å². The van der Waals surface area contributed by atoms with E-state index in [9.17, 15) is 9.59 Å². The molecule has 5 rings (SSSR count). The Morgan fingerprint density at radius 2 is 2.03 bits per heavy atom. The van der Waals surface area contributed by atoms with E-state index in [1.165, 1.54) is 16.3 Å². The summed E-state index contributed by atoms with van der Waals surface area (Å²) in [6.07, 6.45) is 0. The number of rotatable bonds is 3. The molecule has 0 saturated carbocycles. The Labute approximate surface area is 176 Å². The van der Waals surface area contributed by atoms with Crippen LogP contribution in [0.15, 0.2) is 18.2 Å². The average molecular weight is 424 g/mol. The molecule has 0 radical (unpaired) electrons. The number of hydrogen-bond acceptors (Lipinski definition) is 7. The van der Waals surface area contributed by atoms with Crippen LogP contribution >= 0.6 is 11.3 Å². The van der Waals surface area contributed by atoms with Gasteiger partial charge in [-0.05, 0) is 19.9 Å². The Morgan fingerprint density at radius 1 is 1.27 bits per heavy atom. The number of hydrazine groups is 1. The summed E-state index contributed by atoms with van der Waals surface area (Å²) in [4.78, 5) is 31.3. The summed E-state index contributed by atoms with van der Waals surface area (Å²) in [6, 6.07) is 4.76. The normalized spacial score (nSPS) is 15.9. The third kappa shape index (κ3) is 2.76. The molecule has 0 bridgehead atoms. The number of fused-ring (bicyclic) bond motifs is 3. The molecular formula is C20H20N6O3S. The van der Waals surface area contributed by atoms with Gasteiger partial charge in [0.15, 0.2) is 5.78 Å². The largest absolute Gasteiger partial charge is 0.379 e. The maximum absolute atomic E-state index is 13.6. The summed E-state index contributed by atoms with van der Waals surface area (Å²) < 4.78 is 5.39. The van der Waals surface area contributed by atoms with Crippen molar-refractivity contribution in [2.45, 2.75) is 13.8 Å². The predicted molar refractivity (Wildman–Crippen MR) is 112 cm³/mol. The van der Waals surface area contributed by atoms with Gasteiger partial charge in [-0.2, -0.15) is 5.10 Å². The molecule has 1 aromatic carbocycles. The third-order valence-electron chi connectivity index (χ3n) is 5.36. The van der Waals surface area contributed by atoms with Gasteiger partial charge < -0.3 is 10.5 Å². The first kappa shape index (κ1) is 18.9. The van der Waals surface area contributed by atoms with E-state index in [2.05, 4.69) is 15.2 Å². The number of hydrogen-bond donors (Lipinski definition) is 2. The van der Waals surface area contributed by atoms with Gasteiger partial charge in [0, 0.05) is 18.7 Å². The molecule has 10 heteroatoms. The number of nitrogens with zero attached hydrogens (tertiary/aromatic N) is 4. The highest BCUT2D eigenvalue weighted by atomic mass is 32.1. The van der Waals surface area contributed by atoms with E-state index < -0.39 is 6.03 Å². The van der Waals surface area contributed by atoms with Crippen molar-refractivity contribution in [2.75, 3.05) is 31.3 Å². The van der Waals surface area contributed by atoms with E-state index in [1.807, 2.05) is 31.0 Å². The number of morpholine rings is 1. The minimum atomic E-state index is -0.640. The van der Waals surface area contributed by atoms with Gasteiger partial charge in [-0.3, -0.25) is 9.89 Å². The van der Waals surface area contributed by atoms with Crippen molar-refractivity contribution in [1.82, 2.24) is 20.2 Å². The predicted octanol–water partition coefficient (Wildman–Crippen LogP) is 2.49. The number of amides is 2. The van der Waals surface area contributed by atoms with Crippen LogP contribution in [0, 0.1) is 13.8 Å². The lowest BCUT2D eigenvalue weighted by atomic mass is 10.1. The van der Waals surface area contributed by atoms with Crippen LogP contribution in [0.5, 0.6) is 0 Å². The number of thiazole rings is 1. The van der Waals surface area contributed by atoms with Crippen LogP contribution in [0.2, 0.25) is 0 Å². The molecule has 2 aromatic heterocycles. The van der Waals surface area contributed by atoms with E-state index in [-0.39, 0.29) is 5.78 Å². The van der Waals surface area contributed by atoms with E-state index in [4.69, 9.17) is 10.5 Å². The second-order valence-electron chi connectivity index (χ2n) is 7.21. The highest BCUT2D eigenvalue weighted by molar-refractivity contribution is 7.15. The number of carbonyl (C=O) groups is 2. The van der Waals surface area contributed by atoms with Crippen LogP contribution in [0.1, 0.15) is 26.6 Å². The molecule has 1 aliphatic heterocycles. The topological polar surface area (TPSA) is 117 Å². The van der Waals surface area contributed by atoms with Gasteiger partial charge in [-0.15, -0.1) is 11.3 Å². The molecule has 0 unspecified atom stereocenters. The fraction of sp³-hybridized carbons (Fsp3) is 0.300. The molecule has 2 amide bonds. The number of benzene rings is 1. The Bertz CT molecular complexity index is 1180. The van der Waals surface area contributed by atoms with Gasteiger partial charge in [-0.25, -0.2) is 19.8 Å². The Kier molecular flexibility index (Phi) is 4.42. The lowest BCUT2D eigenvalue weighted by Gasteiger charge is -2.36. The first-order valence-electron chi connectivity index (χ1n) is 9.60. The summed E-state index contributed by atoms with van der Waals surface area (Å²) in [5, 5.41) is 11.6. The highest BCUT2D eigenvalue weighted by Crippen LogP contribution is 2.45. The van der Waals surface area contributed by atoms with E-state index in [0.29, 0.717) is 60.1 Å². The molecule has 1 aliphatic carbocycles. The van der Waals surface area contributed by atoms with Crippen LogP contribution in [-0.4, -0.2) is 58.3 Å². The molecular weight excluding hydrogens is 404 g/mol. The molecule has 0 atom stereocenters. The number of primary amides is 1. The zero-order valence-electron chi connectivity index (χ0n) is 16.6. The molecule has 0 spiro atoms. The van der Waals surface area contributed by atoms with Crippen molar-refractivity contribution in [3.05, 3.63) is 40.0 Å². The van der Waals surface area contributed by atoms with Crippen LogP contribution in [0.4, 0.5) is 10.5 Å². The number of anilines is 1. The molecule has 2 aliphatic rings. The minimum Gasteiger partial charge on any atom is -0.379 e. The number of aromatic amines is 1. The third-order valence-corrected chi connectivity index (χ3v) is 6.45. The van der Waals surface area contributed by atoms with Crippen molar-refractivity contribution >= 4 is 28.8 Å². The number of H-pyrrole nitrogens is 1. The highest BCUT2D eigenvalue weighted by Gasteiger charge is 2.38. The Balaban J connectivity index is 1.64. The fourth-order valence-electron chi connectivity index (χ4n) is 4.13. The summed E-state index contributed by atoms with van der Waals surface area (Å²) in [7, 11) is 0. The lowest BCUT2D eigenvalue weighted by Crippen LogP contribution is -2.54. The van der Waals surface area contributed by atoms with Crippen molar-refractivity contribution in [1.29, 1.82) is 0 Å². The standard InChI is InChI=1S/C20H20N6O3S/c1-10-19(30-11(2)22-10)17-15-16(23-24-17)12-4-3-5-13(14(12)18(15)27)26(20(21)28)25-6-8-29-9-7-25/h3-5H,6-9H2,1-2H3,(H2,21,28)(H,23,24). The van der Waals surface area contributed by atoms with Gasteiger partial charge in [0.1, 0.15) is 5.69 Å². The van der Waals surface area contributed by atoms with Crippen LogP contribution in [0.3, 0.4) is 0 Å². The number of nitrogens with one attached hydrogen (secondary N) is 1. The number of nitrogens with two attached hydrogens (primary N) is 1. The number of aromatic nitrogens is 3. The maximum Gasteiger partial charge on any atom is 0.334 e. The second kappa shape index (κ2) is 7.01. The molecule has 30 heavy (non-hydrogen) atoms. The first-order chi connectivity index (χ1) is 14.5. The van der Waals surface area contributed by atoms with Gasteiger partial charge in [-0.1, -0.05) is 12.1 Å². The van der Waals surface area contributed by atoms with E-state index >= 15 is 0 Å². The van der Waals surface area contributed by atoms with Gasteiger partial charge in [0.25, 0.3) is 0 Å². The first-order valence-corrected chi connectivity index (χ1v) is 10.4. The zero-order chi connectivity index (χ0) is 21.0. The van der Waals surface area contributed by atoms with Gasteiger partial charge >= 0.3 is 6.03 Å². The van der Waals surface area contributed by atoms with Gasteiger partial charge in [0.2, 0.25) is 0 Å². The molecule has 3 heterocycles. The second-order valence-corrected chi connectivity index (χ2v) is 8.42. The van der Waals surface area contributed by atoms with Crippen molar-refractivity contribution in [3.63, 3.8) is 0 Å². The summed E-state index contributed by atoms with van der Waals surface area (Å²) in [6.45, 7) is 5.84. The lowest BCUT2D eigenvalue weighted by molar-refractivity contribution is 0.0364. The quantitative estimate of drug-likeness (QED) is 0.522.